The third-order valence-corrected chi connectivity index (χ3v) is 2.68. The number of rotatable bonds is 5. The number of benzene rings is 1. The second-order valence-corrected chi connectivity index (χ2v) is 3.99. The molecule has 5 heteroatoms. The monoisotopic (exact) mass is 249 g/mol. The molecule has 0 spiro atoms. The average molecular weight is 249 g/mol. The van der Waals surface area contributed by atoms with E-state index in [1.54, 1.807) is 24.3 Å². The van der Waals surface area contributed by atoms with Gasteiger partial charge in [0.05, 0.1) is 12.1 Å². The maximum atomic E-state index is 11.7. The van der Waals surface area contributed by atoms with Crippen LogP contribution in [0.4, 0.5) is 4.79 Å². The van der Waals surface area contributed by atoms with Crippen molar-refractivity contribution in [1.82, 2.24) is 5.32 Å². The number of ketones is 1. The van der Waals surface area contributed by atoms with E-state index in [9.17, 15) is 9.59 Å². The van der Waals surface area contributed by atoms with Crippen molar-refractivity contribution in [3.63, 3.8) is 0 Å². The minimum absolute atomic E-state index is 0.0344. The molecule has 0 saturated carbocycles. The minimum atomic E-state index is -0.429. The van der Waals surface area contributed by atoms with Crippen LogP contribution in [0.1, 0.15) is 23.7 Å². The molecule has 1 aliphatic heterocycles. The summed E-state index contributed by atoms with van der Waals surface area (Å²) in [5.41, 5.74) is 0.567. The summed E-state index contributed by atoms with van der Waals surface area (Å²) < 4.78 is 10.5. The number of Topliss-reactive ketones (excluding diaryl/α,β-unsaturated/α-hetero) is 1. The second kappa shape index (κ2) is 5.53. The first-order valence-electron chi connectivity index (χ1n) is 5.90. The number of carbonyl (C=O) groups excluding carboxylic acids is 2. The van der Waals surface area contributed by atoms with Gasteiger partial charge in [-0.05, 0) is 12.1 Å². The van der Waals surface area contributed by atoms with Gasteiger partial charge in [-0.1, -0.05) is 19.1 Å². The molecule has 0 radical (unpaired) electrons. The van der Waals surface area contributed by atoms with Crippen molar-refractivity contribution in [1.29, 1.82) is 0 Å². The molecule has 1 aliphatic rings. The molecule has 1 aromatic carbocycles. The molecule has 1 saturated heterocycles. The first-order valence-corrected chi connectivity index (χ1v) is 5.90. The Hall–Kier alpha value is -2.04. The Morgan fingerprint density at radius 2 is 2.28 bits per heavy atom. The van der Waals surface area contributed by atoms with Crippen LogP contribution in [0.2, 0.25) is 0 Å². The molecule has 1 heterocycles. The number of hydrogen-bond acceptors (Lipinski definition) is 4. The van der Waals surface area contributed by atoms with E-state index in [1.807, 2.05) is 6.92 Å². The molecule has 1 unspecified atom stereocenters. The van der Waals surface area contributed by atoms with Gasteiger partial charge in [0.25, 0.3) is 0 Å². The van der Waals surface area contributed by atoms with Crippen LogP contribution < -0.4 is 10.1 Å². The molecule has 0 aliphatic carbocycles. The van der Waals surface area contributed by atoms with Crippen LogP contribution in [0.3, 0.4) is 0 Å². The van der Waals surface area contributed by atoms with Crippen LogP contribution in [0.15, 0.2) is 24.3 Å². The third kappa shape index (κ3) is 2.80. The summed E-state index contributed by atoms with van der Waals surface area (Å²) in [5.74, 6) is 0.569. The fraction of sp³-hybridized carbons (Fsp3) is 0.385. The van der Waals surface area contributed by atoms with E-state index in [1.165, 1.54) is 0 Å². The molecule has 1 atom stereocenters. The third-order valence-electron chi connectivity index (χ3n) is 2.68. The largest absolute Gasteiger partial charge is 0.489 e. The van der Waals surface area contributed by atoms with Gasteiger partial charge in [-0.15, -0.1) is 0 Å². The summed E-state index contributed by atoms with van der Waals surface area (Å²) >= 11 is 0. The van der Waals surface area contributed by atoms with Crippen molar-refractivity contribution in [2.24, 2.45) is 0 Å². The number of hydrogen-bond donors (Lipinski definition) is 1. The molecule has 18 heavy (non-hydrogen) atoms. The Bertz CT molecular complexity index is 458. The lowest BCUT2D eigenvalue weighted by atomic mass is 10.1. The minimum Gasteiger partial charge on any atom is -0.489 e. The maximum absolute atomic E-state index is 11.7. The molecule has 5 nitrogen and oxygen atoms in total. The Kier molecular flexibility index (Phi) is 3.82. The van der Waals surface area contributed by atoms with E-state index >= 15 is 0 Å². The summed E-state index contributed by atoms with van der Waals surface area (Å²) in [5, 5.41) is 2.55. The van der Waals surface area contributed by atoms with Gasteiger partial charge in [-0.3, -0.25) is 4.79 Å². The highest BCUT2D eigenvalue weighted by Gasteiger charge is 2.23. The number of alkyl carbamates (subject to hydrolysis) is 1. The molecule has 2 rings (SSSR count). The van der Waals surface area contributed by atoms with Crippen molar-refractivity contribution >= 4 is 11.9 Å². The summed E-state index contributed by atoms with van der Waals surface area (Å²) in [6.07, 6.45) is -0.302. The van der Waals surface area contributed by atoms with Gasteiger partial charge in [0, 0.05) is 6.42 Å². The number of carbonyl (C=O) groups is 2. The quantitative estimate of drug-likeness (QED) is 0.808. The van der Waals surface area contributed by atoms with Crippen molar-refractivity contribution in [2.75, 3.05) is 13.2 Å². The Morgan fingerprint density at radius 1 is 1.50 bits per heavy atom. The van der Waals surface area contributed by atoms with E-state index in [0.29, 0.717) is 24.3 Å². The predicted molar refractivity (Wildman–Crippen MR) is 64.8 cm³/mol. The van der Waals surface area contributed by atoms with E-state index in [0.717, 1.165) is 0 Å². The van der Waals surface area contributed by atoms with Crippen LogP contribution in [-0.2, 0) is 4.74 Å². The maximum Gasteiger partial charge on any atom is 0.407 e. The fourth-order valence-corrected chi connectivity index (χ4v) is 1.72. The number of cyclic esters (lactones) is 1. The molecular formula is C13H15NO4. The molecule has 96 valence electrons. The lowest BCUT2D eigenvalue weighted by molar-refractivity contribution is 0.0955. The zero-order valence-electron chi connectivity index (χ0n) is 10.1. The van der Waals surface area contributed by atoms with Crippen LogP contribution in [0.5, 0.6) is 5.75 Å². The van der Waals surface area contributed by atoms with Crippen LogP contribution in [-0.4, -0.2) is 31.1 Å². The van der Waals surface area contributed by atoms with E-state index in [2.05, 4.69) is 5.32 Å². The molecule has 0 aromatic heterocycles. The molecular weight excluding hydrogens is 234 g/mol. The van der Waals surface area contributed by atoms with Gasteiger partial charge < -0.3 is 14.8 Å². The predicted octanol–water partition coefficient (Wildman–Crippen LogP) is 1.77. The molecule has 1 aromatic rings. The van der Waals surface area contributed by atoms with E-state index in [-0.39, 0.29) is 18.5 Å². The highest BCUT2D eigenvalue weighted by molar-refractivity contribution is 5.98. The Morgan fingerprint density at radius 3 is 2.94 bits per heavy atom. The van der Waals surface area contributed by atoms with Crippen molar-refractivity contribution in [3.8, 4) is 5.75 Å². The molecule has 0 bridgehead atoms. The highest BCUT2D eigenvalue weighted by Crippen LogP contribution is 2.20. The first-order chi connectivity index (χ1) is 8.70. The summed E-state index contributed by atoms with van der Waals surface area (Å²) in [6, 6.07) is 7.08. The summed E-state index contributed by atoms with van der Waals surface area (Å²) in [6.45, 7) is 2.48. The highest BCUT2D eigenvalue weighted by atomic mass is 16.6. The van der Waals surface area contributed by atoms with E-state index < -0.39 is 6.09 Å². The van der Waals surface area contributed by atoms with Crippen LogP contribution in [0.25, 0.3) is 0 Å². The zero-order valence-corrected chi connectivity index (χ0v) is 10.1. The first kappa shape index (κ1) is 12.4. The number of ether oxygens (including phenoxy) is 2. The molecule has 1 amide bonds. The normalized spacial score (nSPS) is 18.1. The van der Waals surface area contributed by atoms with Crippen molar-refractivity contribution < 1.29 is 19.1 Å². The van der Waals surface area contributed by atoms with E-state index in [4.69, 9.17) is 9.47 Å². The van der Waals surface area contributed by atoms with Gasteiger partial charge in [-0.25, -0.2) is 4.79 Å². The van der Waals surface area contributed by atoms with Gasteiger partial charge in [0.1, 0.15) is 12.4 Å². The Labute approximate surface area is 105 Å². The van der Waals surface area contributed by atoms with Crippen molar-refractivity contribution in [2.45, 2.75) is 19.4 Å². The van der Waals surface area contributed by atoms with Gasteiger partial charge in [0.15, 0.2) is 11.9 Å². The summed E-state index contributed by atoms with van der Waals surface area (Å²) in [4.78, 5) is 22.5. The van der Waals surface area contributed by atoms with Gasteiger partial charge in [0.2, 0.25) is 0 Å². The SMILES string of the molecule is CCC(=O)c1ccccc1OCC1CNC(=O)O1. The smallest absolute Gasteiger partial charge is 0.407 e. The van der Waals surface area contributed by atoms with Gasteiger partial charge >= 0.3 is 6.09 Å². The lowest BCUT2D eigenvalue weighted by Gasteiger charge is -2.12. The van der Waals surface area contributed by atoms with Crippen LogP contribution >= 0.6 is 0 Å². The topological polar surface area (TPSA) is 64.6 Å². The molecule has 1 N–H and O–H groups in total. The number of para-hydroxylation sites is 1. The summed E-state index contributed by atoms with van der Waals surface area (Å²) in [7, 11) is 0. The average Bonchev–Trinajstić information content (AvgIpc) is 2.81. The van der Waals surface area contributed by atoms with Gasteiger partial charge in [-0.2, -0.15) is 0 Å². The van der Waals surface area contributed by atoms with Crippen LogP contribution in [0, 0.1) is 0 Å². The standard InChI is InChI=1S/C13H15NO4/c1-2-11(15)10-5-3-4-6-12(10)17-8-9-7-14-13(16)18-9/h3-6,9H,2,7-8H2,1H3,(H,14,16). The number of amides is 1. The fourth-order valence-electron chi connectivity index (χ4n) is 1.72. The zero-order chi connectivity index (χ0) is 13.0. The second-order valence-electron chi connectivity index (χ2n) is 3.99. The Balaban J connectivity index is 2.00. The molecule has 1 fully saturated rings. The lowest BCUT2D eigenvalue weighted by Crippen LogP contribution is -2.22. The van der Waals surface area contributed by atoms with Crippen molar-refractivity contribution in [3.05, 3.63) is 29.8 Å². The number of nitrogens with one attached hydrogen (secondary N) is 1.